The maximum absolute atomic E-state index is 13.9. The Kier molecular flexibility index (Phi) is 6.78. The summed E-state index contributed by atoms with van der Waals surface area (Å²) in [5.41, 5.74) is 0.337. The van der Waals surface area contributed by atoms with Crippen molar-refractivity contribution in [3.63, 3.8) is 0 Å². The van der Waals surface area contributed by atoms with Crippen molar-refractivity contribution in [3.8, 4) is 0 Å². The van der Waals surface area contributed by atoms with Gasteiger partial charge in [-0.15, -0.1) is 0 Å². The van der Waals surface area contributed by atoms with Gasteiger partial charge in [0.25, 0.3) is 5.85 Å². The predicted molar refractivity (Wildman–Crippen MR) is 72.9 cm³/mol. The zero-order valence-electron chi connectivity index (χ0n) is 12.3. The lowest BCUT2D eigenvalue weighted by atomic mass is 10.2. The van der Waals surface area contributed by atoms with Gasteiger partial charge in [0.1, 0.15) is 0 Å². The van der Waals surface area contributed by atoms with E-state index in [2.05, 4.69) is 11.3 Å². The van der Waals surface area contributed by atoms with Gasteiger partial charge in [0.15, 0.2) is 6.17 Å². The third-order valence-corrected chi connectivity index (χ3v) is 3.33. The number of hydrogen-bond donors (Lipinski definition) is 0. The van der Waals surface area contributed by atoms with Crippen molar-refractivity contribution in [1.29, 1.82) is 0 Å². The molecule has 6 heteroatoms. The number of carbonyl (C=O) groups excluding carboxylic acids is 2. The highest BCUT2D eigenvalue weighted by atomic mass is 19.2. The zero-order valence-corrected chi connectivity index (χ0v) is 12.3. The Morgan fingerprint density at radius 3 is 2.62 bits per heavy atom. The molecule has 1 aliphatic rings. The number of halogens is 2. The standard InChI is InChI=1S/C15H22F2O4/c1-11(2)14(19)20-10-5-3-4-8-13(18)21-15(17)9-6-7-12(15)16/h12H,1,3-10H2,2H3. The molecule has 120 valence electrons. The van der Waals surface area contributed by atoms with E-state index in [0.29, 0.717) is 31.3 Å². The first-order chi connectivity index (χ1) is 9.85. The minimum Gasteiger partial charge on any atom is -0.462 e. The van der Waals surface area contributed by atoms with E-state index in [-0.39, 0.29) is 25.9 Å². The summed E-state index contributed by atoms with van der Waals surface area (Å²) in [6, 6.07) is 0. The summed E-state index contributed by atoms with van der Waals surface area (Å²) in [5, 5.41) is 0. The zero-order chi connectivity index (χ0) is 15.9. The first-order valence-corrected chi connectivity index (χ1v) is 7.22. The normalized spacial score (nSPS) is 24.6. The van der Waals surface area contributed by atoms with E-state index >= 15 is 0 Å². The molecule has 1 fully saturated rings. The molecule has 0 N–H and O–H groups in total. The summed E-state index contributed by atoms with van der Waals surface area (Å²) in [6.45, 7) is 5.26. The highest BCUT2D eigenvalue weighted by molar-refractivity contribution is 5.86. The van der Waals surface area contributed by atoms with Gasteiger partial charge in [-0.2, -0.15) is 4.39 Å². The van der Waals surface area contributed by atoms with Gasteiger partial charge in [-0.25, -0.2) is 9.18 Å². The average Bonchev–Trinajstić information content (AvgIpc) is 2.72. The maximum Gasteiger partial charge on any atom is 0.333 e. The van der Waals surface area contributed by atoms with Crippen molar-refractivity contribution in [2.45, 2.75) is 63.9 Å². The molecule has 0 aromatic carbocycles. The molecule has 0 radical (unpaired) electrons. The molecule has 0 aromatic heterocycles. The van der Waals surface area contributed by atoms with Gasteiger partial charge >= 0.3 is 11.9 Å². The van der Waals surface area contributed by atoms with Gasteiger partial charge in [-0.05, 0) is 39.0 Å². The van der Waals surface area contributed by atoms with Crippen LogP contribution in [0.3, 0.4) is 0 Å². The van der Waals surface area contributed by atoms with Crippen molar-refractivity contribution >= 4 is 11.9 Å². The molecule has 4 nitrogen and oxygen atoms in total. The molecule has 0 amide bonds. The largest absolute Gasteiger partial charge is 0.462 e. The number of hydrogen-bond acceptors (Lipinski definition) is 4. The van der Waals surface area contributed by atoms with Gasteiger partial charge in [0.2, 0.25) is 0 Å². The summed E-state index contributed by atoms with van der Waals surface area (Å²) in [5.74, 6) is -3.60. The van der Waals surface area contributed by atoms with Crippen LogP contribution in [0.25, 0.3) is 0 Å². The molecule has 0 aromatic rings. The van der Waals surface area contributed by atoms with E-state index in [9.17, 15) is 18.4 Å². The number of esters is 2. The van der Waals surface area contributed by atoms with Crippen molar-refractivity contribution < 1.29 is 27.8 Å². The van der Waals surface area contributed by atoms with Crippen molar-refractivity contribution in [2.24, 2.45) is 0 Å². The minimum absolute atomic E-state index is 0.0345. The van der Waals surface area contributed by atoms with Crippen molar-refractivity contribution in [2.75, 3.05) is 6.61 Å². The van der Waals surface area contributed by atoms with Crippen LogP contribution in [-0.2, 0) is 19.1 Å². The Morgan fingerprint density at radius 1 is 1.33 bits per heavy atom. The van der Waals surface area contributed by atoms with Gasteiger partial charge in [-0.1, -0.05) is 6.58 Å². The van der Waals surface area contributed by atoms with Crippen LogP contribution in [0.2, 0.25) is 0 Å². The fraction of sp³-hybridized carbons (Fsp3) is 0.733. The molecule has 0 bridgehead atoms. The summed E-state index contributed by atoms with van der Waals surface area (Å²) in [7, 11) is 0. The van der Waals surface area contributed by atoms with Gasteiger partial charge in [-0.3, -0.25) is 4.79 Å². The highest BCUT2D eigenvalue weighted by Crippen LogP contribution is 2.37. The van der Waals surface area contributed by atoms with Crippen LogP contribution in [0.5, 0.6) is 0 Å². The Labute approximate surface area is 123 Å². The van der Waals surface area contributed by atoms with Crippen LogP contribution >= 0.6 is 0 Å². The molecule has 1 rings (SSSR count). The second-order valence-electron chi connectivity index (χ2n) is 5.35. The monoisotopic (exact) mass is 304 g/mol. The number of rotatable bonds is 8. The van der Waals surface area contributed by atoms with Gasteiger partial charge in [0.05, 0.1) is 6.61 Å². The van der Waals surface area contributed by atoms with E-state index < -0.39 is 24.0 Å². The lowest BCUT2D eigenvalue weighted by molar-refractivity contribution is -0.194. The molecule has 0 heterocycles. The van der Waals surface area contributed by atoms with Crippen molar-refractivity contribution in [3.05, 3.63) is 12.2 Å². The van der Waals surface area contributed by atoms with E-state index in [1.165, 1.54) is 0 Å². The van der Waals surface area contributed by atoms with Crippen LogP contribution in [-0.4, -0.2) is 30.6 Å². The third kappa shape index (κ3) is 5.81. The van der Waals surface area contributed by atoms with Crippen LogP contribution in [0.15, 0.2) is 12.2 Å². The fourth-order valence-corrected chi connectivity index (χ4v) is 2.09. The molecule has 2 atom stereocenters. The Bertz CT molecular complexity index is 397. The average molecular weight is 304 g/mol. The van der Waals surface area contributed by atoms with Crippen LogP contribution in [0.1, 0.15) is 51.9 Å². The quantitative estimate of drug-likeness (QED) is 0.392. The molecular formula is C15H22F2O4. The first-order valence-electron chi connectivity index (χ1n) is 7.22. The van der Waals surface area contributed by atoms with E-state index in [1.807, 2.05) is 0 Å². The highest BCUT2D eigenvalue weighted by Gasteiger charge is 2.47. The van der Waals surface area contributed by atoms with Gasteiger partial charge < -0.3 is 9.47 Å². The summed E-state index contributed by atoms with van der Waals surface area (Å²) in [4.78, 5) is 22.5. The lowest BCUT2D eigenvalue weighted by Gasteiger charge is -2.22. The van der Waals surface area contributed by atoms with Crippen molar-refractivity contribution in [1.82, 2.24) is 0 Å². The number of ether oxygens (including phenoxy) is 2. The lowest BCUT2D eigenvalue weighted by Crippen LogP contribution is -2.35. The first kappa shape index (κ1) is 17.6. The van der Waals surface area contributed by atoms with E-state index in [1.54, 1.807) is 6.92 Å². The molecule has 0 spiro atoms. The number of carbonyl (C=O) groups is 2. The summed E-state index contributed by atoms with van der Waals surface area (Å²) >= 11 is 0. The summed E-state index contributed by atoms with van der Waals surface area (Å²) in [6.07, 6.45) is 0.440. The molecule has 1 aliphatic carbocycles. The Morgan fingerprint density at radius 2 is 2.05 bits per heavy atom. The van der Waals surface area contributed by atoms with Crippen LogP contribution < -0.4 is 0 Å². The van der Waals surface area contributed by atoms with E-state index in [0.717, 1.165) is 0 Å². The smallest absolute Gasteiger partial charge is 0.333 e. The van der Waals surface area contributed by atoms with Crippen LogP contribution in [0.4, 0.5) is 8.78 Å². The maximum atomic E-state index is 13.9. The molecule has 0 saturated heterocycles. The van der Waals surface area contributed by atoms with E-state index in [4.69, 9.17) is 4.74 Å². The predicted octanol–water partition coefficient (Wildman–Crippen LogP) is 3.40. The topological polar surface area (TPSA) is 52.6 Å². The molecule has 21 heavy (non-hydrogen) atoms. The minimum atomic E-state index is -2.44. The molecule has 2 unspecified atom stereocenters. The second-order valence-corrected chi connectivity index (χ2v) is 5.35. The third-order valence-electron chi connectivity index (χ3n) is 3.33. The SMILES string of the molecule is C=C(C)C(=O)OCCCCCC(=O)OC1(F)CCCC1F. The second kappa shape index (κ2) is 8.10. The van der Waals surface area contributed by atoms with Crippen LogP contribution in [0, 0.1) is 0 Å². The molecule has 1 saturated carbocycles. The Balaban J connectivity index is 2.09. The Hall–Kier alpha value is -1.46. The fourth-order valence-electron chi connectivity index (χ4n) is 2.09. The molecule has 0 aliphatic heterocycles. The number of unbranched alkanes of at least 4 members (excludes halogenated alkanes) is 2. The summed E-state index contributed by atoms with van der Waals surface area (Å²) < 4.78 is 36.6. The van der Waals surface area contributed by atoms with Gasteiger partial charge in [0, 0.05) is 18.4 Å². The number of alkyl halides is 2. The molecular weight excluding hydrogens is 282 g/mol.